The van der Waals surface area contributed by atoms with Gasteiger partial charge in [0.2, 0.25) is 0 Å². The molecule has 3 heterocycles. The minimum Gasteiger partial charge on any atom is -0.480 e. The lowest BCUT2D eigenvalue weighted by molar-refractivity contribution is -0.143. The summed E-state index contributed by atoms with van der Waals surface area (Å²) >= 11 is 12.6. The number of fused-ring (bicyclic) bond motifs is 1. The zero-order valence-electron chi connectivity index (χ0n) is 19.2. The average Bonchev–Trinajstić information content (AvgIpc) is 3.44. The van der Waals surface area contributed by atoms with Crippen molar-refractivity contribution in [1.82, 2.24) is 24.6 Å². The first kappa shape index (κ1) is 23.3. The van der Waals surface area contributed by atoms with Gasteiger partial charge in [0.15, 0.2) is 5.65 Å². The molecule has 1 N–H and O–H groups in total. The van der Waals surface area contributed by atoms with Crippen molar-refractivity contribution in [2.24, 2.45) is 0 Å². The molecule has 5 rings (SSSR count). The highest BCUT2D eigenvalue weighted by Gasteiger charge is 2.35. The topological polar surface area (TPSA) is 84.1 Å². The third-order valence-electron chi connectivity index (χ3n) is 7.11. The van der Waals surface area contributed by atoms with Gasteiger partial charge in [-0.3, -0.25) is 9.69 Å². The van der Waals surface area contributed by atoms with Crippen molar-refractivity contribution in [3.8, 4) is 0 Å². The molecule has 1 aliphatic heterocycles. The number of halogens is 2. The van der Waals surface area contributed by atoms with Gasteiger partial charge >= 0.3 is 5.97 Å². The Morgan fingerprint density at radius 3 is 2.79 bits per heavy atom. The molecule has 3 atom stereocenters. The maximum atomic E-state index is 11.6. The van der Waals surface area contributed by atoms with Crippen LogP contribution in [0.1, 0.15) is 62.0 Å². The number of likely N-dealkylation sites (tertiary alicyclic amines) is 1. The number of hydrogen-bond donors (Lipinski definition) is 1. The summed E-state index contributed by atoms with van der Waals surface area (Å²) in [6, 6.07) is 5.26. The molecule has 2 aromatic heterocycles. The Kier molecular flexibility index (Phi) is 6.35. The second kappa shape index (κ2) is 9.29. The highest BCUT2D eigenvalue weighted by atomic mass is 35.5. The summed E-state index contributed by atoms with van der Waals surface area (Å²) in [6.45, 7) is 4.83. The summed E-state index contributed by atoms with van der Waals surface area (Å²) in [6.07, 6.45) is 8.31. The van der Waals surface area contributed by atoms with Gasteiger partial charge in [-0.2, -0.15) is 5.10 Å². The molecule has 1 aromatic carbocycles. The molecule has 1 saturated heterocycles. The molecule has 0 saturated carbocycles. The maximum absolute atomic E-state index is 11.6. The molecule has 0 bridgehead atoms. The van der Waals surface area contributed by atoms with Crippen LogP contribution in [0.25, 0.3) is 16.7 Å². The SMILES string of the molecule is Cc1nn(C(C)c2ccc(Cl)cc2Cl)c2nc(C3=CCC(N4CCC[C@H]4C(=O)O)CC3)cnc12. The number of nitrogens with zero attached hydrogens (tertiary/aromatic N) is 5. The summed E-state index contributed by atoms with van der Waals surface area (Å²) in [5, 5.41) is 15.4. The number of allylic oxidation sites excluding steroid dienone is 1. The molecular weight excluding hydrogens is 473 g/mol. The molecule has 0 radical (unpaired) electrons. The Balaban J connectivity index is 1.43. The number of aryl methyl sites for hydroxylation is 1. The summed E-state index contributed by atoms with van der Waals surface area (Å²) in [4.78, 5) is 23.4. The lowest BCUT2D eigenvalue weighted by atomic mass is 9.92. The van der Waals surface area contributed by atoms with E-state index in [4.69, 9.17) is 38.3 Å². The fourth-order valence-corrected chi connectivity index (χ4v) is 5.86. The summed E-state index contributed by atoms with van der Waals surface area (Å²) in [5.74, 6) is -0.706. The van der Waals surface area contributed by atoms with Gasteiger partial charge in [-0.1, -0.05) is 35.3 Å². The van der Waals surface area contributed by atoms with Crippen LogP contribution in [0, 0.1) is 6.92 Å². The number of rotatable bonds is 5. The first-order chi connectivity index (χ1) is 16.3. The third-order valence-corrected chi connectivity index (χ3v) is 7.67. The van der Waals surface area contributed by atoms with Crippen molar-refractivity contribution in [1.29, 1.82) is 0 Å². The van der Waals surface area contributed by atoms with Crippen LogP contribution in [0.4, 0.5) is 0 Å². The number of aromatic nitrogens is 4. The van der Waals surface area contributed by atoms with Crippen LogP contribution in [0.15, 0.2) is 30.5 Å². The molecule has 0 amide bonds. The van der Waals surface area contributed by atoms with Crippen LogP contribution in [-0.4, -0.2) is 54.4 Å². The number of aliphatic carboxylic acids is 1. The maximum Gasteiger partial charge on any atom is 0.320 e. The van der Waals surface area contributed by atoms with E-state index in [1.165, 1.54) is 0 Å². The molecule has 34 heavy (non-hydrogen) atoms. The van der Waals surface area contributed by atoms with E-state index in [9.17, 15) is 9.90 Å². The lowest BCUT2D eigenvalue weighted by Crippen LogP contribution is -2.43. The van der Waals surface area contributed by atoms with E-state index in [-0.39, 0.29) is 18.1 Å². The molecule has 3 aromatic rings. The Labute approximate surface area is 208 Å². The Morgan fingerprint density at radius 2 is 2.09 bits per heavy atom. The number of carbonyl (C=O) groups is 1. The van der Waals surface area contributed by atoms with Crippen LogP contribution >= 0.6 is 23.2 Å². The van der Waals surface area contributed by atoms with Crippen molar-refractivity contribution in [2.45, 2.75) is 64.1 Å². The number of hydrogen-bond acceptors (Lipinski definition) is 5. The molecule has 9 heteroatoms. The van der Waals surface area contributed by atoms with Crippen LogP contribution < -0.4 is 0 Å². The first-order valence-corrected chi connectivity index (χ1v) is 12.4. The molecular formula is C25H27Cl2N5O2. The summed E-state index contributed by atoms with van der Waals surface area (Å²) in [7, 11) is 0. The van der Waals surface area contributed by atoms with E-state index < -0.39 is 5.97 Å². The Bertz CT molecular complexity index is 1290. The third kappa shape index (κ3) is 4.21. The minimum absolute atomic E-state index is 0.140. The lowest BCUT2D eigenvalue weighted by Gasteiger charge is -2.33. The smallest absolute Gasteiger partial charge is 0.320 e. The highest BCUT2D eigenvalue weighted by Crippen LogP contribution is 2.34. The fourth-order valence-electron chi connectivity index (χ4n) is 5.29. The van der Waals surface area contributed by atoms with Crippen molar-refractivity contribution < 1.29 is 9.90 Å². The average molecular weight is 500 g/mol. The van der Waals surface area contributed by atoms with Crippen LogP contribution in [0.2, 0.25) is 10.0 Å². The van der Waals surface area contributed by atoms with E-state index in [0.717, 1.165) is 72.3 Å². The van der Waals surface area contributed by atoms with Gasteiger partial charge in [0.1, 0.15) is 11.6 Å². The van der Waals surface area contributed by atoms with Crippen molar-refractivity contribution in [3.63, 3.8) is 0 Å². The Hall–Kier alpha value is -2.48. The Morgan fingerprint density at radius 1 is 1.26 bits per heavy atom. The van der Waals surface area contributed by atoms with E-state index in [2.05, 4.69) is 11.0 Å². The van der Waals surface area contributed by atoms with Gasteiger partial charge in [0, 0.05) is 16.1 Å². The number of carboxylic acids is 1. The minimum atomic E-state index is -0.706. The van der Waals surface area contributed by atoms with Crippen LogP contribution in [0.5, 0.6) is 0 Å². The fraction of sp³-hybridized carbons (Fsp3) is 0.440. The van der Waals surface area contributed by atoms with Gasteiger partial charge < -0.3 is 5.11 Å². The monoisotopic (exact) mass is 499 g/mol. The molecule has 2 unspecified atom stereocenters. The predicted molar refractivity (Wildman–Crippen MR) is 133 cm³/mol. The molecule has 2 aliphatic rings. The van der Waals surface area contributed by atoms with Crippen molar-refractivity contribution in [2.75, 3.05) is 6.54 Å². The van der Waals surface area contributed by atoms with Gasteiger partial charge in [-0.15, -0.1) is 0 Å². The molecule has 0 spiro atoms. The second-order valence-electron chi connectivity index (χ2n) is 9.19. The first-order valence-electron chi connectivity index (χ1n) is 11.7. The molecule has 1 fully saturated rings. The molecule has 178 valence electrons. The quantitative estimate of drug-likeness (QED) is 0.496. The number of benzene rings is 1. The second-order valence-corrected chi connectivity index (χ2v) is 10.0. The van der Waals surface area contributed by atoms with E-state index in [1.54, 1.807) is 6.07 Å². The van der Waals surface area contributed by atoms with E-state index >= 15 is 0 Å². The highest BCUT2D eigenvalue weighted by molar-refractivity contribution is 6.35. The van der Waals surface area contributed by atoms with Gasteiger partial charge in [0.05, 0.1) is 23.6 Å². The van der Waals surface area contributed by atoms with Gasteiger partial charge in [-0.25, -0.2) is 14.6 Å². The summed E-state index contributed by atoms with van der Waals surface area (Å²) in [5.41, 5.74) is 5.23. The van der Waals surface area contributed by atoms with E-state index in [0.29, 0.717) is 10.0 Å². The zero-order valence-corrected chi connectivity index (χ0v) is 20.7. The van der Waals surface area contributed by atoms with Gasteiger partial charge in [-0.05, 0) is 75.8 Å². The van der Waals surface area contributed by atoms with Crippen molar-refractivity contribution >= 4 is 45.9 Å². The number of carboxylic acid groups (broad SMARTS) is 1. The molecule has 1 aliphatic carbocycles. The van der Waals surface area contributed by atoms with Crippen molar-refractivity contribution in [3.05, 3.63) is 57.5 Å². The standard InChI is InChI=1S/C25H27Cl2N5O2/c1-14-23-24(32(30-14)15(2)19-10-7-17(26)12-20(19)27)29-21(13-28-23)16-5-8-18(9-6-16)31-11-3-4-22(31)25(33)34/h5,7,10,12-13,15,18,22H,3-4,6,8-9,11H2,1-2H3,(H,33,34)/t15?,18?,22-/m0/s1. The zero-order chi connectivity index (χ0) is 24.0. The predicted octanol–water partition coefficient (Wildman–Crippen LogP) is 5.54. The summed E-state index contributed by atoms with van der Waals surface area (Å²) < 4.78 is 1.88. The van der Waals surface area contributed by atoms with E-state index in [1.807, 2.05) is 36.9 Å². The van der Waals surface area contributed by atoms with Gasteiger partial charge in [0.25, 0.3) is 0 Å². The largest absolute Gasteiger partial charge is 0.480 e. The molecule has 7 nitrogen and oxygen atoms in total. The van der Waals surface area contributed by atoms with Crippen LogP contribution in [0.3, 0.4) is 0 Å². The normalized spacial score (nSPS) is 22.2. The van der Waals surface area contributed by atoms with Crippen LogP contribution in [-0.2, 0) is 4.79 Å².